The van der Waals surface area contributed by atoms with Gasteiger partial charge in [0, 0.05) is 0 Å². The fourth-order valence-corrected chi connectivity index (χ4v) is 5.81. The molecule has 10 heteroatoms. The van der Waals surface area contributed by atoms with Crippen molar-refractivity contribution in [2.45, 2.75) is 110 Å². The number of rotatable bonds is 26. The minimum absolute atomic E-state index is 0.00331. The first kappa shape index (κ1) is 41.6. The molecule has 0 saturated heterocycles. The van der Waals surface area contributed by atoms with Gasteiger partial charge in [-0.1, -0.05) is 102 Å². The first-order valence-corrected chi connectivity index (χ1v) is 19.4. The highest BCUT2D eigenvalue weighted by atomic mass is 31.2. The standard InChI is InChI=1S/C38H60NO8P/c1-6-8-10-12-14-16-18-32-20-24-34(25-21-32)37(40)44-30-36(31-46-48(42,43)45-29-28-39(3,4)5)47-38(41)35-26-22-33(23-27-35)19-17-15-13-11-9-7-2/h20-27,36H,6-19,28-31H2,1-5H3/p+1/t36-/m1/s1. The van der Waals surface area contributed by atoms with Crippen LogP contribution in [-0.2, 0) is 35.9 Å². The summed E-state index contributed by atoms with van der Waals surface area (Å²) in [6, 6.07) is 14.5. The molecule has 2 aromatic carbocycles. The molecule has 1 N–H and O–H groups in total. The van der Waals surface area contributed by atoms with Crippen molar-refractivity contribution in [3.8, 4) is 0 Å². The number of likely N-dealkylation sites (N-methyl/N-ethyl adjacent to an activating group) is 1. The first-order valence-electron chi connectivity index (χ1n) is 17.9. The zero-order chi connectivity index (χ0) is 35.3. The van der Waals surface area contributed by atoms with E-state index in [4.69, 9.17) is 18.5 Å². The second kappa shape index (κ2) is 23.0. The Kier molecular flexibility index (Phi) is 19.9. The molecule has 0 amide bonds. The third-order valence-electron chi connectivity index (χ3n) is 8.13. The van der Waals surface area contributed by atoms with E-state index in [9.17, 15) is 19.0 Å². The van der Waals surface area contributed by atoms with Crippen LogP contribution in [0.25, 0.3) is 0 Å². The van der Waals surface area contributed by atoms with Gasteiger partial charge in [-0.2, -0.15) is 0 Å². The highest BCUT2D eigenvalue weighted by molar-refractivity contribution is 7.47. The van der Waals surface area contributed by atoms with E-state index in [0.717, 1.165) is 36.8 Å². The van der Waals surface area contributed by atoms with Crippen LogP contribution in [0, 0.1) is 0 Å². The monoisotopic (exact) mass is 690 g/mol. The number of carbonyl (C=O) groups is 2. The quantitative estimate of drug-likeness (QED) is 0.0452. The predicted molar refractivity (Wildman–Crippen MR) is 191 cm³/mol. The van der Waals surface area contributed by atoms with Crippen molar-refractivity contribution < 1.29 is 42.1 Å². The lowest BCUT2D eigenvalue weighted by atomic mass is 10.0. The van der Waals surface area contributed by atoms with Gasteiger partial charge in [-0.3, -0.25) is 9.05 Å². The van der Waals surface area contributed by atoms with E-state index in [1.165, 1.54) is 64.2 Å². The highest BCUT2D eigenvalue weighted by Crippen LogP contribution is 2.43. The SMILES string of the molecule is CCCCCCCCc1ccc(C(=O)OC[C@H](COP(=O)(O)OCC[N+](C)(C)C)OC(=O)c2ccc(CCCCCCCC)cc2)cc1. The van der Waals surface area contributed by atoms with E-state index in [0.29, 0.717) is 22.2 Å². The molecule has 2 aromatic rings. The summed E-state index contributed by atoms with van der Waals surface area (Å²) in [5.41, 5.74) is 2.99. The number of benzene rings is 2. The molecule has 9 nitrogen and oxygen atoms in total. The lowest BCUT2D eigenvalue weighted by molar-refractivity contribution is -0.870. The molecule has 0 fully saturated rings. The van der Waals surface area contributed by atoms with Crippen molar-refractivity contribution in [2.75, 3.05) is 47.5 Å². The molecule has 0 aliphatic rings. The van der Waals surface area contributed by atoms with Crippen LogP contribution >= 0.6 is 7.82 Å². The van der Waals surface area contributed by atoms with Crippen LogP contribution in [-0.4, -0.2) is 74.9 Å². The summed E-state index contributed by atoms with van der Waals surface area (Å²) in [7, 11) is 1.35. The summed E-state index contributed by atoms with van der Waals surface area (Å²) in [6.07, 6.45) is 15.3. The van der Waals surface area contributed by atoms with Gasteiger partial charge in [-0.25, -0.2) is 14.2 Å². The summed E-state index contributed by atoms with van der Waals surface area (Å²) in [4.78, 5) is 36.2. The molecule has 0 saturated carbocycles. The average Bonchev–Trinajstić information content (AvgIpc) is 3.05. The van der Waals surface area contributed by atoms with Gasteiger partial charge in [0.1, 0.15) is 19.8 Å². The van der Waals surface area contributed by atoms with Gasteiger partial charge in [-0.15, -0.1) is 0 Å². The van der Waals surface area contributed by atoms with Crippen molar-refractivity contribution in [3.63, 3.8) is 0 Å². The van der Waals surface area contributed by atoms with Crippen LogP contribution < -0.4 is 0 Å². The van der Waals surface area contributed by atoms with Crippen molar-refractivity contribution in [2.24, 2.45) is 0 Å². The molecule has 0 bridgehead atoms. The second-order valence-corrected chi connectivity index (χ2v) is 15.1. The average molecular weight is 691 g/mol. The van der Waals surface area contributed by atoms with E-state index in [-0.39, 0.29) is 13.2 Å². The van der Waals surface area contributed by atoms with Crippen molar-refractivity contribution in [1.82, 2.24) is 0 Å². The van der Waals surface area contributed by atoms with Gasteiger partial charge in [0.25, 0.3) is 0 Å². The summed E-state index contributed by atoms with van der Waals surface area (Å²) in [6.45, 7) is 4.04. The molecular weight excluding hydrogens is 629 g/mol. The second-order valence-electron chi connectivity index (χ2n) is 13.7. The Hall–Kier alpha value is -2.55. The predicted octanol–water partition coefficient (Wildman–Crippen LogP) is 8.71. The van der Waals surface area contributed by atoms with Gasteiger partial charge in [0.2, 0.25) is 0 Å². The number of phosphoric ester groups is 1. The zero-order valence-corrected chi connectivity index (χ0v) is 31.0. The van der Waals surface area contributed by atoms with Gasteiger partial charge in [0.15, 0.2) is 6.10 Å². The zero-order valence-electron chi connectivity index (χ0n) is 30.1. The number of hydrogen-bond acceptors (Lipinski definition) is 7. The van der Waals surface area contributed by atoms with E-state index in [1.54, 1.807) is 24.3 Å². The number of quaternary nitrogens is 1. The molecule has 0 aliphatic heterocycles. The molecule has 0 radical (unpaired) electrons. The summed E-state index contributed by atoms with van der Waals surface area (Å²) >= 11 is 0. The third-order valence-corrected chi connectivity index (χ3v) is 9.12. The molecule has 1 unspecified atom stereocenters. The van der Waals surface area contributed by atoms with Crippen molar-refractivity contribution in [3.05, 3.63) is 70.8 Å². The van der Waals surface area contributed by atoms with Crippen LogP contribution in [0.1, 0.15) is 123 Å². The molecule has 2 atom stereocenters. The summed E-state index contributed by atoms with van der Waals surface area (Å²) in [5, 5.41) is 0. The number of hydrogen-bond donors (Lipinski definition) is 1. The van der Waals surface area contributed by atoms with Crippen LogP contribution in [0.4, 0.5) is 0 Å². The lowest BCUT2D eigenvalue weighted by Crippen LogP contribution is -2.37. The highest BCUT2D eigenvalue weighted by Gasteiger charge is 2.27. The minimum Gasteiger partial charge on any atom is -0.458 e. The molecule has 0 spiro atoms. The van der Waals surface area contributed by atoms with E-state index in [1.807, 2.05) is 45.4 Å². The lowest BCUT2D eigenvalue weighted by Gasteiger charge is -2.24. The Morgan fingerprint density at radius 3 is 1.60 bits per heavy atom. The molecule has 0 aliphatic carbocycles. The molecular formula is C38H61NO8P+. The Labute approximate surface area is 289 Å². The maximum Gasteiger partial charge on any atom is 0.472 e. The Morgan fingerprint density at radius 1 is 0.667 bits per heavy atom. The van der Waals surface area contributed by atoms with Crippen LogP contribution in [0.3, 0.4) is 0 Å². The van der Waals surface area contributed by atoms with Gasteiger partial charge < -0.3 is 18.9 Å². The number of nitrogens with zero attached hydrogens (tertiary/aromatic N) is 1. The summed E-state index contributed by atoms with van der Waals surface area (Å²) in [5.74, 6) is -1.24. The van der Waals surface area contributed by atoms with Crippen LogP contribution in [0.2, 0.25) is 0 Å². The van der Waals surface area contributed by atoms with Crippen molar-refractivity contribution in [1.29, 1.82) is 0 Å². The summed E-state index contributed by atoms with van der Waals surface area (Å²) < 4.78 is 34.5. The molecule has 48 heavy (non-hydrogen) atoms. The molecule has 2 rings (SSSR count). The molecule has 0 heterocycles. The smallest absolute Gasteiger partial charge is 0.458 e. The van der Waals surface area contributed by atoms with E-state index >= 15 is 0 Å². The Balaban J connectivity index is 1.97. The van der Waals surface area contributed by atoms with Crippen molar-refractivity contribution >= 4 is 19.8 Å². The molecule has 0 aromatic heterocycles. The largest absolute Gasteiger partial charge is 0.472 e. The topological polar surface area (TPSA) is 108 Å². The van der Waals surface area contributed by atoms with Gasteiger partial charge in [-0.05, 0) is 61.1 Å². The normalized spacial score (nSPS) is 13.5. The van der Waals surface area contributed by atoms with Gasteiger partial charge in [0.05, 0.1) is 38.9 Å². The molecule has 270 valence electrons. The minimum atomic E-state index is -4.45. The Bertz CT molecular complexity index is 1230. The van der Waals surface area contributed by atoms with E-state index in [2.05, 4.69) is 13.8 Å². The van der Waals surface area contributed by atoms with Crippen LogP contribution in [0.5, 0.6) is 0 Å². The third kappa shape index (κ3) is 18.8. The fourth-order valence-electron chi connectivity index (χ4n) is 5.07. The van der Waals surface area contributed by atoms with E-state index < -0.39 is 32.5 Å². The maximum absolute atomic E-state index is 13.1. The maximum atomic E-state index is 13.1. The number of carbonyl (C=O) groups excluding carboxylic acids is 2. The van der Waals surface area contributed by atoms with Crippen LogP contribution in [0.15, 0.2) is 48.5 Å². The number of ether oxygens (including phenoxy) is 2. The number of unbranched alkanes of at least 4 members (excludes halogenated alkanes) is 10. The first-order chi connectivity index (χ1) is 22.9. The number of esters is 2. The number of aryl methyl sites for hydroxylation is 2. The fraction of sp³-hybridized carbons (Fsp3) is 0.632. The number of phosphoric acid groups is 1. The van der Waals surface area contributed by atoms with Gasteiger partial charge >= 0.3 is 19.8 Å². The Morgan fingerprint density at radius 2 is 1.12 bits per heavy atom.